The Balaban J connectivity index is 1.59. The summed E-state index contributed by atoms with van der Waals surface area (Å²) in [7, 11) is 1.43. The van der Waals surface area contributed by atoms with Gasteiger partial charge in [-0.05, 0) is 30.5 Å². The predicted molar refractivity (Wildman–Crippen MR) is 107 cm³/mol. The van der Waals surface area contributed by atoms with Crippen molar-refractivity contribution in [3.63, 3.8) is 0 Å². The van der Waals surface area contributed by atoms with E-state index in [1.165, 1.54) is 12.7 Å². The summed E-state index contributed by atoms with van der Waals surface area (Å²) >= 11 is 7.62. The van der Waals surface area contributed by atoms with Crippen LogP contribution in [0.4, 0.5) is 0 Å². The maximum Gasteiger partial charge on any atom is 0.306 e. The fourth-order valence-electron chi connectivity index (χ4n) is 3.17. The standard InChI is InChI=1S/C20H25ClN2O3S/c1-25-20(24)8-9-23(13-18-3-2-10-26-18)12-17-14-27-19(22-17)11-15-4-6-16(21)7-5-15/h4-7,14,18H,2-3,8-13H2,1H3. The van der Waals surface area contributed by atoms with Crippen molar-refractivity contribution in [3.8, 4) is 0 Å². The van der Waals surface area contributed by atoms with E-state index in [2.05, 4.69) is 10.3 Å². The summed E-state index contributed by atoms with van der Waals surface area (Å²) < 4.78 is 10.5. The third-order valence-corrected chi connectivity index (χ3v) is 5.75. The van der Waals surface area contributed by atoms with Gasteiger partial charge in [0.05, 0.1) is 30.3 Å². The lowest BCUT2D eigenvalue weighted by Gasteiger charge is -2.24. The average molecular weight is 409 g/mol. The highest BCUT2D eigenvalue weighted by Crippen LogP contribution is 2.19. The minimum Gasteiger partial charge on any atom is -0.469 e. The van der Waals surface area contributed by atoms with Gasteiger partial charge in [0, 0.05) is 43.1 Å². The van der Waals surface area contributed by atoms with Crippen molar-refractivity contribution in [2.24, 2.45) is 0 Å². The molecule has 0 N–H and O–H groups in total. The normalized spacial score (nSPS) is 16.8. The Morgan fingerprint density at radius 3 is 2.93 bits per heavy atom. The number of carbonyl (C=O) groups excluding carboxylic acids is 1. The van der Waals surface area contributed by atoms with Gasteiger partial charge in [0.25, 0.3) is 0 Å². The summed E-state index contributed by atoms with van der Waals surface area (Å²) in [5, 5.41) is 3.93. The van der Waals surface area contributed by atoms with E-state index in [4.69, 9.17) is 26.1 Å². The van der Waals surface area contributed by atoms with E-state index in [9.17, 15) is 4.79 Å². The molecule has 1 aliphatic rings. The second-order valence-electron chi connectivity index (χ2n) is 6.73. The Kier molecular flexibility index (Phi) is 7.64. The van der Waals surface area contributed by atoms with Gasteiger partial charge in [-0.3, -0.25) is 9.69 Å². The second-order valence-corrected chi connectivity index (χ2v) is 8.11. The van der Waals surface area contributed by atoms with Crippen LogP contribution >= 0.6 is 22.9 Å². The maximum absolute atomic E-state index is 11.5. The Morgan fingerprint density at radius 2 is 2.22 bits per heavy atom. The van der Waals surface area contributed by atoms with Crippen molar-refractivity contribution in [2.75, 3.05) is 26.8 Å². The van der Waals surface area contributed by atoms with Crippen molar-refractivity contribution in [2.45, 2.75) is 38.3 Å². The maximum atomic E-state index is 11.5. The molecule has 1 saturated heterocycles. The molecule has 1 aromatic heterocycles. The molecule has 2 heterocycles. The lowest BCUT2D eigenvalue weighted by molar-refractivity contribution is -0.141. The van der Waals surface area contributed by atoms with Gasteiger partial charge >= 0.3 is 5.97 Å². The number of thiazole rings is 1. The minimum absolute atomic E-state index is 0.186. The SMILES string of the molecule is COC(=O)CCN(Cc1csc(Cc2ccc(Cl)cc2)n1)CC1CCCO1. The van der Waals surface area contributed by atoms with E-state index in [1.807, 2.05) is 24.3 Å². The van der Waals surface area contributed by atoms with Crippen LogP contribution in [0, 0.1) is 0 Å². The number of benzene rings is 1. The molecule has 0 aliphatic carbocycles. The predicted octanol–water partition coefficient (Wildman–Crippen LogP) is 3.93. The van der Waals surface area contributed by atoms with Gasteiger partial charge in [0.2, 0.25) is 0 Å². The molecule has 1 unspecified atom stereocenters. The van der Waals surface area contributed by atoms with Gasteiger partial charge in [0.15, 0.2) is 0 Å². The Bertz CT molecular complexity index is 729. The molecule has 0 bridgehead atoms. The van der Waals surface area contributed by atoms with Crippen molar-refractivity contribution < 1.29 is 14.3 Å². The largest absolute Gasteiger partial charge is 0.469 e. The van der Waals surface area contributed by atoms with Crippen molar-refractivity contribution >= 4 is 28.9 Å². The summed E-state index contributed by atoms with van der Waals surface area (Å²) in [5.41, 5.74) is 2.23. The first-order valence-electron chi connectivity index (χ1n) is 9.21. The zero-order valence-corrected chi connectivity index (χ0v) is 17.1. The van der Waals surface area contributed by atoms with Gasteiger partial charge in [0.1, 0.15) is 0 Å². The first-order chi connectivity index (χ1) is 13.1. The highest BCUT2D eigenvalue weighted by atomic mass is 35.5. The van der Waals surface area contributed by atoms with Crippen LogP contribution in [-0.4, -0.2) is 48.8 Å². The number of hydrogen-bond acceptors (Lipinski definition) is 6. The van der Waals surface area contributed by atoms with Crippen LogP contribution < -0.4 is 0 Å². The summed E-state index contributed by atoms with van der Waals surface area (Å²) in [5.74, 6) is -0.186. The molecule has 0 spiro atoms. The van der Waals surface area contributed by atoms with Gasteiger partial charge in [-0.15, -0.1) is 11.3 Å². The number of nitrogens with zero attached hydrogens (tertiary/aromatic N) is 2. The number of ether oxygens (including phenoxy) is 2. The Morgan fingerprint density at radius 1 is 1.41 bits per heavy atom. The summed E-state index contributed by atoms with van der Waals surface area (Å²) in [4.78, 5) is 18.6. The third-order valence-electron chi connectivity index (χ3n) is 4.60. The molecule has 1 fully saturated rings. The van der Waals surface area contributed by atoms with E-state index in [0.29, 0.717) is 19.5 Å². The molecule has 27 heavy (non-hydrogen) atoms. The molecule has 5 nitrogen and oxygen atoms in total. The fraction of sp³-hybridized carbons (Fsp3) is 0.500. The number of esters is 1. The average Bonchev–Trinajstić information content (AvgIpc) is 3.33. The number of methoxy groups -OCH3 is 1. The molecule has 2 aromatic rings. The molecule has 7 heteroatoms. The molecule has 0 saturated carbocycles. The van der Waals surface area contributed by atoms with Crippen molar-refractivity contribution in [1.82, 2.24) is 9.88 Å². The summed E-state index contributed by atoms with van der Waals surface area (Å²) in [6.07, 6.45) is 3.61. The van der Waals surface area contributed by atoms with Crippen molar-refractivity contribution in [3.05, 3.63) is 50.9 Å². The minimum atomic E-state index is -0.186. The smallest absolute Gasteiger partial charge is 0.306 e. The molecule has 1 aliphatic heterocycles. The number of rotatable bonds is 9. The van der Waals surface area contributed by atoms with Crippen LogP contribution in [0.5, 0.6) is 0 Å². The van der Waals surface area contributed by atoms with Gasteiger partial charge in [-0.2, -0.15) is 0 Å². The molecule has 0 amide bonds. The second kappa shape index (κ2) is 10.2. The van der Waals surface area contributed by atoms with Crippen LogP contribution in [-0.2, 0) is 27.2 Å². The quantitative estimate of drug-likeness (QED) is 0.588. The van der Waals surface area contributed by atoms with Crippen LogP contribution in [0.2, 0.25) is 5.02 Å². The lowest BCUT2D eigenvalue weighted by Crippen LogP contribution is -2.33. The molecule has 1 aromatic carbocycles. The first kappa shape index (κ1) is 20.3. The van der Waals surface area contributed by atoms with E-state index >= 15 is 0 Å². The van der Waals surface area contributed by atoms with Crippen LogP contribution in [0.3, 0.4) is 0 Å². The van der Waals surface area contributed by atoms with Crippen molar-refractivity contribution in [1.29, 1.82) is 0 Å². The zero-order valence-electron chi connectivity index (χ0n) is 15.5. The van der Waals surface area contributed by atoms with Gasteiger partial charge < -0.3 is 9.47 Å². The molecular formula is C20H25ClN2O3S. The van der Waals surface area contributed by atoms with E-state index in [-0.39, 0.29) is 12.1 Å². The first-order valence-corrected chi connectivity index (χ1v) is 10.5. The molecule has 146 valence electrons. The number of hydrogen-bond donors (Lipinski definition) is 0. The summed E-state index contributed by atoms with van der Waals surface area (Å²) in [6.45, 7) is 3.02. The van der Waals surface area contributed by atoms with Gasteiger partial charge in [-0.1, -0.05) is 23.7 Å². The van der Waals surface area contributed by atoms with E-state index in [0.717, 1.165) is 48.1 Å². The molecule has 1 atom stereocenters. The van der Waals surface area contributed by atoms with E-state index < -0.39 is 0 Å². The number of halogens is 1. The Labute approximate surface area is 169 Å². The highest BCUT2D eigenvalue weighted by Gasteiger charge is 2.20. The fourth-order valence-corrected chi connectivity index (χ4v) is 4.12. The Hall–Kier alpha value is -1.47. The molecule has 3 rings (SSSR count). The summed E-state index contributed by atoms with van der Waals surface area (Å²) in [6, 6.07) is 7.87. The number of aromatic nitrogens is 1. The van der Waals surface area contributed by atoms with Crippen LogP contribution in [0.1, 0.15) is 35.5 Å². The zero-order chi connectivity index (χ0) is 19.1. The van der Waals surface area contributed by atoms with E-state index in [1.54, 1.807) is 11.3 Å². The van der Waals surface area contributed by atoms with Crippen LogP contribution in [0.25, 0.3) is 0 Å². The molecule has 0 radical (unpaired) electrons. The molecular weight excluding hydrogens is 384 g/mol. The topological polar surface area (TPSA) is 51.7 Å². The lowest BCUT2D eigenvalue weighted by atomic mass is 10.2. The highest BCUT2D eigenvalue weighted by molar-refractivity contribution is 7.09. The number of carbonyl (C=O) groups is 1. The monoisotopic (exact) mass is 408 g/mol. The third kappa shape index (κ3) is 6.57. The van der Waals surface area contributed by atoms with Gasteiger partial charge in [-0.25, -0.2) is 4.98 Å². The van der Waals surface area contributed by atoms with Crippen LogP contribution in [0.15, 0.2) is 29.6 Å².